The number of nitrogens with one attached hydrogen (secondary N) is 1. The van der Waals surface area contributed by atoms with Crippen LogP contribution >= 0.6 is 0 Å². The van der Waals surface area contributed by atoms with Crippen LogP contribution < -0.4 is 5.32 Å². The molecule has 1 aliphatic heterocycles. The Hall–Kier alpha value is -1.06. The van der Waals surface area contributed by atoms with Gasteiger partial charge in [-0.25, -0.2) is 0 Å². The third kappa shape index (κ3) is 3.20. The summed E-state index contributed by atoms with van der Waals surface area (Å²) in [5.41, 5.74) is 2.26. The van der Waals surface area contributed by atoms with Gasteiger partial charge in [-0.05, 0) is 45.5 Å². The number of aromatic hydroxyl groups is 1. The minimum Gasteiger partial charge on any atom is -0.508 e. The van der Waals surface area contributed by atoms with Crippen molar-refractivity contribution in [3.63, 3.8) is 0 Å². The summed E-state index contributed by atoms with van der Waals surface area (Å²) in [5.74, 6) is 1.18. The van der Waals surface area contributed by atoms with Crippen LogP contribution in [0.4, 0.5) is 0 Å². The minimum atomic E-state index is 0.424. The van der Waals surface area contributed by atoms with Crippen LogP contribution in [0.2, 0.25) is 0 Å². The normalized spacial score (nSPS) is 20.9. The molecule has 1 unspecified atom stereocenters. The maximum Gasteiger partial charge on any atom is 0.120 e. The third-order valence-electron chi connectivity index (χ3n) is 3.49. The van der Waals surface area contributed by atoms with Gasteiger partial charge in [0.15, 0.2) is 0 Å². The monoisotopic (exact) mass is 234 g/mol. The van der Waals surface area contributed by atoms with Crippen molar-refractivity contribution in [2.45, 2.75) is 19.9 Å². The Morgan fingerprint density at radius 2 is 2.29 bits per heavy atom. The van der Waals surface area contributed by atoms with Crippen molar-refractivity contribution < 1.29 is 5.11 Å². The number of phenols is 1. The van der Waals surface area contributed by atoms with Gasteiger partial charge < -0.3 is 10.4 Å². The van der Waals surface area contributed by atoms with Crippen LogP contribution in [0.1, 0.15) is 17.5 Å². The summed E-state index contributed by atoms with van der Waals surface area (Å²) in [7, 11) is 2.01. The van der Waals surface area contributed by atoms with E-state index in [-0.39, 0.29) is 0 Å². The fourth-order valence-electron chi connectivity index (χ4n) is 2.59. The molecule has 0 saturated carbocycles. The molecule has 1 aliphatic rings. The zero-order valence-corrected chi connectivity index (χ0v) is 10.7. The van der Waals surface area contributed by atoms with Crippen LogP contribution in [0.5, 0.6) is 5.75 Å². The van der Waals surface area contributed by atoms with Crippen LogP contribution in [-0.4, -0.2) is 36.7 Å². The highest BCUT2D eigenvalue weighted by Crippen LogP contribution is 2.23. The fraction of sp³-hybridized carbons (Fsp3) is 0.571. The molecule has 0 amide bonds. The number of hydrogen-bond donors (Lipinski definition) is 2. The smallest absolute Gasteiger partial charge is 0.120 e. The first kappa shape index (κ1) is 12.4. The molecule has 3 nitrogen and oxygen atoms in total. The molecule has 1 aromatic rings. The van der Waals surface area contributed by atoms with Gasteiger partial charge in [-0.2, -0.15) is 0 Å². The van der Waals surface area contributed by atoms with Gasteiger partial charge >= 0.3 is 0 Å². The SMILES string of the molecule is CNCC1CCN(Cc2cc(C)ccc2O)C1. The molecule has 17 heavy (non-hydrogen) atoms. The summed E-state index contributed by atoms with van der Waals surface area (Å²) >= 11 is 0. The molecule has 0 spiro atoms. The van der Waals surface area contributed by atoms with Gasteiger partial charge in [0.05, 0.1) is 0 Å². The van der Waals surface area contributed by atoms with E-state index in [0.717, 1.165) is 37.7 Å². The molecule has 3 heteroatoms. The predicted octanol–water partition coefficient (Wildman–Crippen LogP) is 1.74. The summed E-state index contributed by atoms with van der Waals surface area (Å²) in [5, 5.41) is 13.1. The first-order valence-electron chi connectivity index (χ1n) is 6.34. The molecule has 0 aromatic heterocycles. The van der Waals surface area contributed by atoms with Gasteiger partial charge in [-0.15, -0.1) is 0 Å². The lowest BCUT2D eigenvalue weighted by Gasteiger charge is -2.17. The number of phenolic OH excluding ortho intramolecular Hbond substituents is 1. The van der Waals surface area contributed by atoms with Gasteiger partial charge in [-0.1, -0.05) is 17.7 Å². The molecule has 1 fully saturated rings. The predicted molar refractivity (Wildman–Crippen MR) is 70.2 cm³/mol. The Balaban J connectivity index is 1.95. The molecular formula is C14H22N2O. The van der Waals surface area contributed by atoms with Crippen molar-refractivity contribution in [1.29, 1.82) is 0 Å². The number of nitrogens with zero attached hydrogens (tertiary/aromatic N) is 1. The zero-order chi connectivity index (χ0) is 12.3. The van der Waals surface area contributed by atoms with E-state index in [4.69, 9.17) is 0 Å². The van der Waals surface area contributed by atoms with Crippen LogP contribution in [0.3, 0.4) is 0 Å². The second kappa shape index (κ2) is 5.52. The Labute approximate surface area is 103 Å². The first-order chi connectivity index (χ1) is 8.19. The lowest BCUT2D eigenvalue weighted by atomic mass is 10.1. The summed E-state index contributed by atoms with van der Waals surface area (Å²) in [4.78, 5) is 2.43. The molecule has 1 aromatic carbocycles. The zero-order valence-electron chi connectivity index (χ0n) is 10.7. The average Bonchev–Trinajstić information content (AvgIpc) is 2.72. The van der Waals surface area contributed by atoms with Gasteiger partial charge in [0.25, 0.3) is 0 Å². The Bertz CT molecular complexity index is 378. The van der Waals surface area contributed by atoms with Crippen molar-refractivity contribution in [3.05, 3.63) is 29.3 Å². The van der Waals surface area contributed by atoms with Gasteiger partial charge in [-0.3, -0.25) is 4.90 Å². The van der Waals surface area contributed by atoms with Crippen LogP contribution in [0.15, 0.2) is 18.2 Å². The summed E-state index contributed by atoms with van der Waals surface area (Å²) in [6, 6.07) is 5.83. The lowest BCUT2D eigenvalue weighted by Crippen LogP contribution is -2.24. The third-order valence-corrected chi connectivity index (χ3v) is 3.49. The van der Waals surface area contributed by atoms with E-state index in [0.29, 0.717) is 5.75 Å². The molecule has 1 atom stereocenters. The highest BCUT2D eigenvalue weighted by Gasteiger charge is 2.22. The average molecular weight is 234 g/mol. The Morgan fingerprint density at radius 3 is 3.06 bits per heavy atom. The van der Waals surface area contributed by atoms with Crippen molar-refractivity contribution in [1.82, 2.24) is 10.2 Å². The van der Waals surface area contributed by atoms with E-state index < -0.39 is 0 Å². The second-order valence-electron chi connectivity index (χ2n) is 5.08. The maximum absolute atomic E-state index is 9.83. The number of benzene rings is 1. The largest absolute Gasteiger partial charge is 0.508 e. The van der Waals surface area contributed by atoms with Gasteiger partial charge in [0.1, 0.15) is 5.75 Å². The number of likely N-dealkylation sites (tertiary alicyclic amines) is 1. The van der Waals surface area contributed by atoms with Crippen LogP contribution in [0.25, 0.3) is 0 Å². The number of aryl methyl sites for hydroxylation is 1. The summed E-state index contributed by atoms with van der Waals surface area (Å²) < 4.78 is 0. The standard InChI is InChI=1S/C14H22N2O/c1-11-3-4-14(17)13(7-11)10-16-6-5-12(9-16)8-15-2/h3-4,7,12,15,17H,5-6,8-10H2,1-2H3. The fourth-order valence-corrected chi connectivity index (χ4v) is 2.59. The van der Waals surface area contributed by atoms with E-state index in [1.807, 2.05) is 13.1 Å². The topological polar surface area (TPSA) is 35.5 Å². The van der Waals surface area contributed by atoms with E-state index in [9.17, 15) is 5.11 Å². The molecule has 2 N–H and O–H groups in total. The Morgan fingerprint density at radius 1 is 1.47 bits per heavy atom. The number of hydrogen-bond acceptors (Lipinski definition) is 3. The highest BCUT2D eigenvalue weighted by atomic mass is 16.3. The van der Waals surface area contributed by atoms with E-state index in [1.54, 1.807) is 6.07 Å². The lowest BCUT2D eigenvalue weighted by molar-refractivity contribution is 0.309. The summed E-state index contributed by atoms with van der Waals surface area (Å²) in [6.45, 7) is 6.30. The quantitative estimate of drug-likeness (QED) is 0.833. The van der Waals surface area contributed by atoms with Crippen LogP contribution in [0, 0.1) is 12.8 Å². The van der Waals surface area contributed by atoms with Gasteiger partial charge in [0, 0.05) is 18.7 Å². The molecular weight excluding hydrogens is 212 g/mol. The van der Waals surface area contributed by atoms with E-state index >= 15 is 0 Å². The molecule has 0 radical (unpaired) electrons. The molecule has 0 aliphatic carbocycles. The van der Waals surface area contributed by atoms with Crippen molar-refractivity contribution in [2.75, 3.05) is 26.7 Å². The van der Waals surface area contributed by atoms with Gasteiger partial charge in [0.2, 0.25) is 0 Å². The minimum absolute atomic E-state index is 0.424. The number of rotatable bonds is 4. The first-order valence-corrected chi connectivity index (χ1v) is 6.34. The maximum atomic E-state index is 9.83. The van der Waals surface area contributed by atoms with Crippen molar-refractivity contribution in [3.8, 4) is 5.75 Å². The molecule has 1 saturated heterocycles. The summed E-state index contributed by atoms with van der Waals surface area (Å²) in [6.07, 6.45) is 1.26. The highest BCUT2D eigenvalue weighted by molar-refractivity contribution is 5.35. The van der Waals surface area contributed by atoms with E-state index in [1.165, 1.54) is 12.0 Å². The molecule has 2 rings (SSSR count). The molecule has 0 bridgehead atoms. The molecule has 1 heterocycles. The molecule has 94 valence electrons. The van der Waals surface area contributed by atoms with Crippen molar-refractivity contribution >= 4 is 0 Å². The van der Waals surface area contributed by atoms with Crippen LogP contribution in [-0.2, 0) is 6.54 Å². The Kier molecular flexibility index (Phi) is 4.02. The second-order valence-corrected chi connectivity index (χ2v) is 5.08. The van der Waals surface area contributed by atoms with E-state index in [2.05, 4.69) is 23.2 Å². The van der Waals surface area contributed by atoms with Crippen molar-refractivity contribution in [2.24, 2.45) is 5.92 Å².